The van der Waals surface area contributed by atoms with Crippen molar-refractivity contribution in [1.29, 1.82) is 0 Å². The second-order valence-corrected chi connectivity index (χ2v) is 7.26. The SMILES string of the molecule is Cc1ccc(Cl)cc1NC(=O)CNc1ccc(OCCCc2ccccc2)cc1. The van der Waals surface area contributed by atoms with E-state index >= 15 is 0 Å². The lowest BCUT2D eigenvalue weighted by Crippen LogP contribution is -2.22. The average molecular weight is 409 g/mol. The van der Waals surface area contributed by atoms with Gasteiger partial charge in [0, 0.05) is 16.4 Å². The molecule has 1 amide bonds. The molecule has 0 radical (unpaired) electrons. The summed E-state index contributed by atoms with van der Waals surface area (Å²) in [6.07, 6.45) is 1.97. The lowest BCUT2D eigenvalue weighted by molar-refractivity contribution is -0.114. The molecule has 0 unspecified atom stereocenters. The summed E-state index contributed by atoms with van der Waals surface area (Å²) in [6.45, 7) is 2.77. The Morgan fingerprint density at radius 3 is 2.52 bits per heavy atom. The Hall–Kier alpha value is -2.98. The van der Waals surface area contributed by atoms with Crippen molar-refractivity contribution < 1.29 is 9.53 Å². The second kappa shape index (κ2) is 10.5. The van der Waals surface area contributed by atoms with Crippen LogP contribution in [0.1, 0.15) is 17.5 Å². The molecule has 0 fully saturated rings. The standard InChI is InChI=1S/C24H25ClN2O2/c1-18-9-10-20(25)16-23(18)27-24(28)17-26-21-11-13-22(14-12-21)29-15-5-8-19-6-3-2-4-7-19/h2-4,6-7,9-14,16,26H,5,8,15,17H2,1H3,(H,27,28). The first-order valence-corrected chi connectivity index (χ1v) is 10.0. The van der Waals surface area contributed by atoms with Gasteiger partial charge >= 0.3 is 0 Å². The van der Waals surface area contributed by atoms with Crippen LogP contribution in [0.3, 0.4) is 0 Å². The lowest BCUT2D eigenvalue weighted by Gasteiger charge is -2.11. The zero-order valence-electron chi connectivity index (χ0n) is 16.5. The van der Waals surface area contributed by atoms with Crippen molar-refractivity contribution in [3.05, 3.63) is 88.9 Å². The molecule has 0 aliphatic heterocycles. The van der Waals surface area contributed by atoms with E-state index in [1.165, 1.54) is 5.56 Å². The van der Waals surface area contributed by atoms with Gasteiger partial charge in [-0.05, 0) is 67.3 Å². The van der Waals surface area contributed by atoms with E-state index in [1.807, 2.05) is 43.3 Å². The number of aryl methyl sites for hydroxylation is 2. The third kappa shape index (κ3) is 6.84. The smallest absolute Gasteiger partial charge is 0.243 e. The van der Waals surface area contributed by atoms with Gasteiger partial charge in [-0.1, -0.05) is 48.0 Å². The molecular weight excluding hydrogens is 384 g/mol. The number of carbonyl (C=O) groups is 1. The van der Waals surface area contributed by atoms with E-state index < -0.39 is 0 Å². The number of rotatable bonds is 9. The quantitative estimate of drug-likeness (QED) is 0.446. The Morgan fingerprint density at radius 1 is 1.00 bits per heavy atom. The van der Waals surface area contributed by atoms with Gasteiger partial charge in [-0.2, -0.15) is 0 Å². The van der Waals surface area contributed by atoms with Gasteiger partial charge in [0.25, 0.3) is 0 Å². The molecule has 0 bridgehead atoms. The Labute approximate surface area is 176 Å². The number of amides is 1. The number of ether oxygens (including phenoxy) is 1. The minimum atomic E-state index is -0.128. The predicted molar refractivity (Wildman–Crippen MR) is 120 cm³/mol. The molecule has 3 aromatic rings. The first kappa shape index (κ1) is 20.7. The van der Waals surface area contributed by atoms with Gasteiger partial charge in [0.2, 0.25) is 5.91 Å². The lowest BCUT2D eigenvalue weighted by atomic mass is 10.1. The first-order valence-electron chi connectivity index (χ1n) is 9.67. The molecule has 0 aliphatic rings. The number of hydrogen-bond donors (Lipinski definition) is 2. The summed E-state index contributed by atoms with van der Waals surface area (Å²) < 4.78 is 5.79. The normalized spacial score (nSPS) is 10.4. The van der Waals surface area contributed by atoms with Gasteiger partial charge < -0.3 is 15.4 Å². The molecule has 3 aromatic carbocycles. The molecule has 0 spiro atoms. The van der Waals surface area contributed by atoms with Crippen LogP contribution in [0.25, 0.3) is 0 Å². The van der Waals surface area contributed by atoms with Crippen molar-refractivity contribution in [1.82, 2.24) is 0 Å². The Morgan fingerprint density at radius 2 is 1.76 bits per heavy atom. The molecule has 0 saturated heterocycles. The van der Waals surface area contributed by atoms with Crippen molar-refractivity contribution >= 4 is 28.9 Å². The van der Waals surface area contributed by atoms with Crippen LogP contribution < -0.4 is 15.4 Å². The van der Waals surface area contributed by atoms with Crippen LogP contribution in [0, 0.1) is 6.92 Å². The van der Waals surface area contributed by atoms with Crippen molar-refractivity contribution in [3.8, 4) is 5.75 Å². The third-order valence-corrected chi connectivity index (χ3v) is 4.74. The first-order chi connectivity index (χ1) is 14.1. The highest BCUT2D eigenvalue weighted by atomic mass is 35.5. The number of benzene rings is 3. The van der Waals surface area contributed by atoms with Gasteiger partial charge in [0.15, 0.2) is 0 Å². The highest BCUT2D eigenvalue weighted by Gasteiger charge is 2.06. The number of nitrogens with one attached hydrogen (secondary N) is 2. The van der Waals surface area contributed by atoms with Crippen molar-refractivity contribution in [2.45, 2.75) is 19.8 Å². The van der Waals surface area contributed by atoms with E-state index in [2.05, 4.69) is 34.9 Å². The maximum Gasteiger partial charge on any atom is 0.243 e. The maximum atomic E-state index is 12.2. The number of hydrogen-bond acceptors (Lipinski definition) is 3. The average Bonchev–Trinajstić information content (AvgIpc) is 2.74. The molecule has 0 heterocycles. The van der Waals surface area contributed by atoms with Crippen molar-refractivity contribution in [2.24, 2.45) is 0 Å². The molecule has 3 rings (SSSR count). The summed E-state index contributed by atoms with van der Waals surface area (Å²) in [7, 11) is 0. The molecule has 150 valence electrons. The number of anilines is 2. The fourth-order valence-electron chi connectivity index (χ4n) is 2.89. The van der Waals surface area contributed by atoms with E-state index in [4.69, 9.17) is 16.3 Å². The van der Waals surface area contributed by atoms with Crippen LogP contribution in [-0.2, 0) is 11.2 Å². The fraction of sp³-hybridized carbons (Fsp3) is 0.208. The summed E-state index contributed by atoms with van der Waals surface area (Å²) in [5.41, 5.74) is 3.88. The van der Waals surface area contributed by atoms with Gasteiger partial charge in [0.05, 0.1) is 13.2 Å². The molecule has 0 saturated carbocycles. The maximum absolute atomic E-state index is 12.2. The monoisotopic (exact) mass is 408 g/mol. The summed E-state index contributed by atoms with van der Waals surface area (Å²) in [4.78, 5) is 12.2. The zero-order chi connectivity index (χ0) is 20.5. The molecule has 0 atom stereocenters. The molecule has 5 heteroatoms. The summed E-state index contributed by atoms with van der Waals surface area (Å²) >= 11 is 5.99. The minimum Gasteiger partial charge on any atom is -0.494 e. The van der Waals surface area contributed by atoms with E-state index in [1.54, 1.807) is 12.1 Å². The number of carbonyl (C=O) groups excluding carboxylic acids is 1. The molecule has 4 nitrogen and oxygen atoms in total. The summed E-state index contributed by atoms with van der Waals surface area (Å²) in [6, 6.07) is 23.4. The molecular formula is C24H25ClN2O2. The Bertz CT molecular complexity index is 927. The number of halogens is 1. The van der Waals surface area contributed by atoms with Gasteiger partial charge in [-0.25, -0.2) is 0 Å². The van der Waals surface area contributed by atoms with E-state index in [0.717, 1.165) is 35.5 Å². The summed E-state index contributed by atoms with van der Waals surface area (Å²) in [5, 5.41) is 6.58. The summed E-state index contributed by atoms with van der Waals surface area (Å²) in [5.74, 6) is 0.694. The Balaban J connectivity index is 1.39. The fourth-order valence-corrected chi connectivity index (χ4v) is 3.06. The van der Waals surface area contributed by atoms with Crippen LogP contribution in [0.2, 0.25) is 5.02 Å². The van der Waals surface area contributed by atoms with E-state index in [-0.39, 0.29) is 12.5 Å². The van der Waals surface area contributed by atoms with Crippen LogP contribution >= 0.6 is 11.6 Å². The van der Waals surface area contributed by atoms with Gasteiger partial charge in [0.1, 0.15) is 5.75 Å². The van der Waals surface area contributed by atoms with Crippen LogP contribution in [-0.4, -0.2) is 19.1 Å². The zero-order valence-corrected chi connectivity index (χ0v) is 17.2. The topological polar surface area (TPSA) is 50.4 Å². The van der Waals surface area contributed by atoms with Crippen LogP contribution in [0.4, 0.5) is 11.4 Å². The largest absolute Gasteiger partial charge is 0.494 e. The van der Waals surface area contributed by atoms with Crippen LogP contribution in [0.15, 0.2) is 72.8 Å². The van der Waals surface area contributed by atoms with E-state index in [9.17, 15) is 4.79 Å². The minimum absolute atomic E-state index is 0.128. The predicted octanol–water partition coefficient (Wildman–Crippen LogP) is 5.71. The van der Waals surface area contributed by atoms with E-state index in [0.29, 0.717) is 11.6 Å². The molecule has 2 N–H and O–H groups in total. The van der Waals surface area contributed by atoms with Crippen molar-refractivity contribution in [3.63, 3.8) is 0 Å². The molecule has 0 aliphatic carbocycles. The van der Waals surface area contributed by atoms with Crippen molar-refractivity contribution in [2.75, 3.05) is 23.8 Å². The highest BCUT2D eigenvalue weighted by molar-refractivity contribution is 6.31. The van der Waals surface area contributed by atoms with Gasteiger partial charge in [-0.15, -0.1) is 0 Å². The molecule has 29 heavy (non-hydrogen) atoms. The highest BCUT2D eigenvalue weighted by Crippen LogP contribution is 2.20. The Kier molecular flexibility index (Phi) is 7.54. The molecule has 0 aromatic heterocycles. The van der Waals surface area contributed by atoms with Crippen LogP contribution in [0.5, 0.6) is 5.75 Å². The second-order valence-electron chi connectivity index (χ2n) is 6.82. The third-order valence-electron chi connectivity index (χ3n) is 4.50. The van der Waals surface area contributed by atoms with Gasteiger partial charge in [-0.3, -0.25) is 4.79 Å².